The lowest BCUT2D eigenvalue weighted by Gasteiger charge is -2.21. The fourth-order valence-corrected chi connectivity index (χ4v) is 4.61. The highest BCUT2D eigenvalue weighted by Crippen LogP contribution is 2.54. The highest BCUT2D eigenvalue weighted by atomic mass is 16.1. The monoisotopic (exact) mass is 436 g/mol. The minimum absolute atomic E-state index is 0.0572. The van der Waals surface area contributed by atoms with E-state index in [9.17, 15) is 9.59 Å². The Balaban J connectivity index is 1.77. The molecule has 2 rings (SSSR count). The van der Waals surface area contributed by atoms with Gasteiger partial charge in [-0.15, -0.1) is 0 Å². The quantitative estimate of drug-likeness (QED) is 0.227. The minimum atomic E-state index is 0.0572. The Morgan fingerprint density at radius 1 is 0.719 bits per heavy atom. The summed E-state index contributed by atoms with van der Waals surface area (Å²) in [6.07, 6.45) is 18.3. The second-order valence-corrected chi connectivity index (χ2v) is 10.5. The van der Waals surface area contributed by atoms with E-state index in [1.807, 2.05) is 6.92 Å². The molecule has 0 N–H and O–H groups in total. The fraction of sp³-hybridized carbons (Fsp3) is 0.600. The molecule has 176 valence electrons. The predicted molar refractivity (Wildman–Crippen MR) is 137 cm³/mol. The van der Waals surface area contributed by atoms with Crippen LogP contribution in [0, 0.1) is 5.41 Å². The smallest absolute Gasteiger partial charge is 0.185 e. The molecule has 0 aliphatic heterocycles. The first kappa shape index (κ1) is 26.3. The van der Waals surface area contributed by atoms with E-state index in [1.165, 1.54) is 36.0 Å². The highest BCUT2D eigenvalue weighted by Gasteiger charge is 2.42. The lowest BCUT2D eigenvalue weighted by atomic mass is 9.81. The first-order valence-electron chi connectivity index (χ1n) is 12.5. The molecule has 32 heavy (non-hydrogen) atoms. The number of allylic oxidation sites excluding steroid dienone is 10. The lowest BCUT2D eigenvalue weighted by molar-refractivity contribution is -0.116. The van der Waals surface area contributed by atoms with Crippen molar-refractivity contribution in [3.8, 4) is 0 Å². The van der Waals surface area contributed by atoms with Crippen LogP contribution in [0.5, 0.6) is 0 Å². The lowest BCUT2D eigenvalue weighted by Crippen LogP contribution is -2.21. The first-order valence-corrected chi connectivity index (χ1v) is 12.5. The average Bonchev–Trinajstić information content (AvgIpc) is 3.50. The van der Waals surface area contributed by atoms with Crippen LogP contribution in [0.25, 0.3) is 0 Å². The molecule has 2 aliphatic rings. The second-order valence-electron chi connectivity index (χ2n) is 10.5. The molecule has 0 bridgehead atoms. The van der Waals surface area contributed by atoms with E-state index in [0.29, 0.717) is 22.1 Å². The molecule has 0 aromatic rings. The SMILES string of the molecule is CC(C)=CCC/C(C)=C/CC/C(C)=C/CCC1(CCC2=C(C)C(=O)C(C)=C(C)C2=O)CC1. The third-order valence-corrected chi connectivity index (χ3v) is 7.46. The van der Waals surface area contributed by atoms with Gasteiger partial charge in [-0.1, -0.05) is 34.9 Å². The van der Waals surface area contributed by atoms with Crippen molar-refractivity contribution < 1.29 is 9.59 Å². The zero-order chi connectivity index (χ0) is 23.9. The molecule has 0 atom stereocenters. The van der Waals surface area contributed by atoms with Gasteiger partial charge in [0.05, 0.1) is 0 Å². The molecular weight excluding hydrogens is 392 g/mol. The summed E-state index contributed by atoms with van der Waals surface area (Å²) in [4.78, 5) is 25.1. The zero-order valence-corrected chi connectivity index (χ0v) is 21.6. The maximum Gasteiger partial charge on any atom is 0.185 e. The maximum atomic E-state index is 12.7. The molecule has 2 heteroatoms. The van der Waals surface area contributed by atoms with Crippen molar-refractivity contribution in [3.63, 3.8) is 0 Å². The number of Topliss-reactive ketones (excluding diaryl/α,β-unsaturated/α-hetero) is 2. The molecule has 0 aromatic carbocycles. The second kappa shape index (κ2) is 11.8. The molecule has 2 nitrogen and oxygen atoms in total. The van der Waals surface area contributed by atoms with Crippen LogP contribution in [0.1, 0.15) is 113 Å². The van der Waals surface area contributed by atoms with E-state index in [2.05, 4.69) is 45.9 Å². The molecule has 0 heterocycles. The number of ketones is 2. The number of hydrogen-bond acceptors (Lipinski definition) is 2. The standard InChI is InChI=1S/C30H44O2/c1-21(2)11-8-12-22(3)13-9-14-23(4)15-10-17-30(19-20-30)18-16-27-26(7)28(31)24(5)25(6)29(27)32/h11,13,15H,8-10,12,14,16-20H2,1-7H3/b22-13+,23-15+. The molecule has 0 amide bonds. The maximum absolute atomic E-state index is 12.7. The van der Waals surface area contributed by atoms with Crippen LogP contribution in [-0.4, -0.2) is 11.6 Å². The van der Waals surface area contributed by atoms with Crippen molar-refractivity contribution in [1.29, 1.82) is 0 Å². The first-order chi connectivity index (χ1) is 15.1. The van der Waals surface area contributed by atoms with Crippen LogP contribution in [-0.2, 0) is 9.59 Å². The van der Waals surface area contributed by atoms with Gasteiger partial charge < -0.3 is 0 Å². The van der Waals surface area contributed by atoms with Gasteiger partial charge in [0.25, 0.3) is 0 Å². The van der Waals surface area contributed by atoms with E-state index in [1.54, 1.807) is 13.8 Å². The van der Waals surface area contributed by atoms with Crippen molar-refractivity contribution in [1.82, 2.24) is 0 Å². The fourth-order valence-electron chi connectivity index (χ4n) is 4.61. The van der Waals surface area contributed by atoms with Crippen molar-refractivity contribution in [3.05, 3.63) is 57.2 Å². The van der Waals surface area contributed by atoms with Gasteiger partial charge in [-0.2, -0.15) is 0 Å². The van der Waals surface area contributed by atoms with Gasteiger partial charge in [0.15, 0.2) is 11.6 Å². The Labute approximate surface area is 196 Å². The molecule has 0 saturated heterocycles. The average molecular weight is 437 g/mol. The normalized spacial score (nSPS) is 19.1. The highest BCUT2D eigenvalue weighted by molar-refractivity contribution is 6.24. The number of carbonyl (C=O) groups is 2. The molecule has 0 spiro atoms. The van der Waals surface area contributed by atoms with Crippen LogP contribution in [0.2, 0.25) is 0 Å². The molecular formula is C30H44O2. The van der Waals surface area contributed by atoms with Crippen LogP contribution in [0.3, 0.4) is 0 Å². The summed E-state index contributed by atoms with van der Waals surface area (Å²) in [5, 5.41) is 0. The van der Waals surface area contributed by atoms with Crippen molar-refractivity contribution in [2.45, 2.75) is 113 Å². The molecule has 0 aromatic heterocycles. The number of carbonyl (C=O) groups excluding carboxylic acids is 2. The van der Waals surface area contributed by atoms with Gasteiger partial charge in [-0.05, 0) is 118 Å². The molecule has 2 aliphatic carbocycles. The van der Waals surface area contributed by atoms with E-state index in [0.717, 1.165) is 50.5 Å². The molecule has 0 radical (unpaired) electrons. The van der Waals surface area contributed by atoms with Crippen LogP contribution in [0.15, 0.2) is 57.2 Å². The van der Waals surface area contributed by atoms with Gasteiger partial charge in [0, 0.05) is 22.3 Å². The van der Waals surface area contributed by atoms with Crippen LogP contribution in [0.4, 0.5) is 0 Å². The Bertz CT molecular complexity index is 878. The number of hydrogen-bond donors (Lipinski definition) is 0. The third-order valence-electron chi connectivity index (χ3n) is 7.46. The molecule has 1 fully saturated rings. The number of rotatable bonds is 12. The third kappa shape index (κ3) is 7.57. The van der Waals surface area contributed by atoms with Gasteiger partial charge in [-0.25, -0.2) is 0 Å². The summed E-state index contributed by atoms with van der Waals surface area (Å²) in [5.74, 6) is 0.150. The Morgan fingerprint density at radius 3 is 1.81 bits per heavy atom. The Hall–Kier alpha value is -1.96. The summed E-state index contributed by atoms with van der Waals surface area (Å²) < 4.78 is 0. The Kier molecular flexibility index (Phi) is 9.67. The van der Waals surface area contributed by atoms with Crippen molar-refractivity contribution >= 4 is 11.6 Å². The topological polar surface area (TPSA) is 34.1 Å². The summed E-state index contributed by atoms with van der Waals surface area (Å²) in [5.41, 5.74) is 7.47. The summed E-state index contributed by atoms with van der Waals surface area (Å²) in [6, 6.07) is 0. The minimum Gasteiger partial charge on any atom is -0.289 e. The van der Waals surface area contributed by atoms with Gasteiger partial charge in [0.2, 0.25) is 0 Å². The van der Waals surface area contributed by atoms with Crippen LogP contribution >= 0.6 is 0 Å². The molecule has 0 unspecified atom stereocenters. The summed E-state index contributed by atoms with van der Waals surface area (Å²) >= 11 is 0. The Morgan fingerprint density at radius 2 is 1.25 bits per heavy atom. The van der Waals surface area contributed by atoms with Gasteiger partial charge >= 0.3 is 0 Å². The summed E-state index contributed by atoms with van der Waals surface area (Å²) in [6.45, 7) is 14.2. The molecule has 1 saturated carbocycles. The van der Waals surface area contributed by atoms with E-state index >= 15 is 0 Å². The summed E-state index contributed by atoms with van der Waals surface area (Å²) in [7, 11) is 0. The predicted octanol–water partition coefficient (Wildman–Crippen LogP) is 8.55. The zero-order valence-electron chi connectivity index (χ0n) is 21.6. The largest absolute Gasteiger partial charge is 0.289 e. The van der Waals surface area contributed by atoms with Gasteiger partial charge in [-0.3, -0.25) is 9.59 Å². The van der Waals surface area contributed by atoms with E-state index in [4.69, 9.17) is 0 Å². The van der Waals surface area contributed by atoms with Crippen molar-refractivity contribution in [2.75, 3.05) is 0 Å². The van der Waals surface area contributed by atoms with Gasteiger partial charge in [0.1, 0.15) is 0 Å². The van der Waals surface area contributed by atoms with Crippen molar-refractivity contribution in [2.24, 2.45) is 5.41 Å². The van der Waals surface area contributed by atoms with Crippen LogP contribution < -0.4 is 0 Å². The van der Waals surface area contributed by atoms with E-state index < -0.39 is 0 Å². The van der Waals surface area contributed by atoms with E-state index in [-0.39, 0.29) is 11.6 Å².